The minimum absolute atomic E-state index is 0.0970. The maximum atomic E-state index is 13.1. The zero-order valence-corrected chi connectivity index (χ0v) is 27.9. The highest BCUT2D eigenvalue weighted by Crippen LogP contribution is 2.65. The molecule has 1 unspecified atom stereocenters. The number of unbranched alkanes of at least 4 members (excludes halogenated alkanes) is 2. The Morgan fingerprint density at radius 2 is 1.79 bits per heavy atom. The van der Waals surface area contributed by atoms with Crippen molar-refractivity contribution in [1.29, 1.82) is 0 Å². The second-order valence-corrected chi connectivity index (χ2v) is 15.7. The molecule has 1 aromatic heterocycles. The molecule has 7 atom stereocenters. The lowest BCUT2D eigenvalue weighted by molar-refractivity contribution is -0.137. The van der Waals surface area contributed by atoms with Crippen LogP contribution in [-0.2, 0) is 23.4 Å². The number of pyridine rings is 1. The molecule has 1 heterocycles. The van der Waals surface area contributed by atoms with E-state index in [1.54, 1.807) is 6.07 Å². The Kier molecular flexibility index (Phi) is 9.04. The number of benzene rings is 3. The summed E-state index contributed by atoms with van der Waals surface area (Å²) in [5.74, 6) is 3.18. The van der Waals surface area contributed by atoms with Gasteiger partial charge in [0.1, 0.15) is 11.5 Å². The summed E-state index contributed by atoms with van der Waals surface area (Å²) in [6, 6.07) is 19.3. The Bertz CT molecular complexity index is 1810. The van der Waals surface area contributed by atoms with Gasteiger partial charge in [-0.1, -0.05) is 31.2 Å². The Balaban J connectivity index is 0.954. The fraction of sp³-hybridized carbons (Fsp3) is 0.462. The van der Waals surface area contributed by atoms with E-state index in [-0.39, 0.29) is 23.0 Å². The number of nitrogens with zero attached hydrogens (tertiary/aromatic N) is 1. The van der Waals surface area contributed by atoms with Gasteiger partial charge in [-0.15, -0.1) is 0 Å². The zero-order chi connectivity index (χ0) is 33.6. The van der Waals surface area contributed by atoms with Crippen molar-refractivity contribution >= 4 is 21.7 Å². The summed E-state index contributed by atoms with van der Waals surface area (Å²) >= 11 is 0. The molecular formula is C39H42F3NO4S. The molecule has 3 aromatic carbocycles. The molecule has 4 aromatic rings. The normalized spacial score (nSPS) is 27.2. The number of phenols is 1. The number of aromatic nitrogens is 1. The van der Waals surface area contributed by atoms with Gasteiger partial charge in [0.05, 0.1) is 34.6 Å². The van der Waals surface area contributed by atoms with Crippen LogP contribution >= 0.6 is 0 Å². The number of aliphatic hydroxyl groups is 1. The lowest BCUT2D eigenvalue weighted by Crippen LogP contribution is -2.47. The van der Waals surface area contributed by atoms with Gasteiger partial charge in [0.15, 0.2) is 0 Å². The first-order valence-electron chi connectivity index (χ1n) is 17.1. The molecule has 3 aliphatic carbocycles. The van der Waals surface area contributed by atoms with Crippen molar-refractivity contribution in [2.24, 2.45) is 17.3 Å². The number of halogens is 3. The summed E-state index contributed by atoms with van der Waals surface area (Å²) in [6.07, 6.45) is 3.93. The van der Waals surface area contributed by atoms with Crippen LogP contribution in [0.1, 0.15) is 86.0 Å². The van der Waals surface area contributed by atoms with Gasteiger partial charge in [-0.2, -0.15) is 13.2 Å². The summed E-state index contributed by atoms with van der Waals surface area (Å²) in [7, 11) is -1.35. The maximum Gasteiger partial charge on any atom is 0.416 e. The number of aryl methyl sites for hydroxylation is 1. The third-order valence-corrected chi connectivity index (χ3v) is 13.0. The molecule has 254 valence electrons. The van der Waals surface area contributed by atoms with E-state index in [2.05, 4.69) is 30.1 Å². The number of phenolic OH excluding ortho intramolecular Hbond substituents is 1. The summed E-state index contributed by atoms with van der Waals surface area (Å²) in [5.41, 5.74) is 3.19. The van der Waals surface area contributed by atoms with Crippen LogP contribution in [0, 0.1) is 17.3 Å². The quantitative estimate of drug-likeness (QED) is 0.173. The van der Waals surface area contributed by atoms with Gasteiger partial charge < -0.3 is 14.9 Å². The highest BCUT2D eigenvalue weighted by Gasteiger charge is 2.57. The number of alkyl halides is 3. The van der Waals surface area contributed by atoms with Gasteiger partial charge >= 0.3 is 6.18 Å². The summed E-state index contributed by atoms with van der Waals surface area (Å²) in [6.45, 7) is 2.82. The molecular weight excluding hydrogens is 635 g/mol. The number of hydrogen-bond donors (Lipinski definition) is 2. The molecule has 2 fully saturated rings. The number of ether oxygens (including phenoxy) is 1. The number of fused-ring (bicyclic) bond motifs is 6. The van der Waals surface area contributed by atoms with Crippen LogP contribution in [0.2, 0.25) is 0 Å². The second kappa shape index (κ2) is 13.1. The number of aliphatic hydroxyl groups excluding tert-OH is 1. The third kappa shape index (κ3) is 6.24. The lowest BCUT2D eigenvalue weighted by atomic mass is 9.51. The van der Waals surface area contributed by atoms with E-state index in [1.165, 1.54) is 29.0 Å². The zero-order valence-electron chi connectivity index (χ0n) is 27.1. The number of aromatic hydroxyl groups is 1. The van der Waals surface area contributed by atoms with Crippen LogP contribution in [-0.4, -0.2) is 37.9 Å². The average Bonchev–Trinajstić information content (AvgIpc) is 3.38. The third-order valence-electron chi connectivity index (χ3n) is 11.5. The Labute approximate surface area is 282 Å². The SMILES string of the molecule is C[C@]12C[C@H](c3ccc(OCCCCCS(=O)c4ccnc5cc(C(F)(F)F)ccc45)cc3)[C@@H]3c4ccc(O)cc4CC[C@H]3[C@@H]1CC[C@@H]2O. The van der Waals surface area contributed by atoms with E-state index < -0.39 is 22.5 Å². The van der Waals surface area contributed by atoms with Gasteiger partial charge in [0.25, 0.3) is 0 Å². The Hall–Kier alpha value is -3.43. The second-order valence-electron chi connectivity index (χ2n) is 14.2. The molecule has 0 amide bonds. The first-order valence-corrected chi connectivity index (χ1v) is 18.4. The topological polar surface area (TPSA) is 79.7 Å². The highest BCUT2D eigenvalue weighted by atomic mass is 32.2. The molecule has 48 heavy (non-hydrogen) atoms. The molecule has 0 saturated heterocycles. The van der Waals surface area contributed by atoms with Crippen LogP contribution in [0.4, 0.5) is 13.2 Å². The summed E-state index contributed by atoms with van der Waals surface area (Å²) in [5, 5.41) is 21.8. The van der Waals surface area contributed by atoms with Crippen molar-refractivity contribution in [3.8, 4) is 11.5 Å². The van der Waals surface area contributed by atoms with E-state index in [9.17, 15) is 27.6 Å². The van der Waals surface area contributed by atoms with E-state index >= 15 is 0 Å². The highest BCUT2D eigenvalue weighted by molar-refractivity contribution is 7.85. The first-order chi connectivity index (χ1) is 23.0. The van der Waals surface area contributed by atoms with Gasteiger partial charge in [-0.25, -0.2) is 0 Å². The van der Waals surface area contributed by atoms with E-state index in [0.29, 0.717) is 52.6 Å². The Morgan fingerprint density at radius 3 is 2.58 bits per heavy atom. The van der Waals surface area contributed by atoms with Crippen molar-refractivity contribution in [2.45, 2.75) is 87.3 Å². The molecule has 7 rings (SSSR count). The van der Waals surface area contributed by atoms with Gasteiger partial charge in [-0.3, -0.25) is 9.19 Å². The van der Waals surface area contributed by atoms with Crippen molar-refractivity contribution in [3.05, 3.63) is 95.2 Å². The van der Waals surface area contributed by atoms with E-state index in [1.807, 2.05) is 24.3 Å². The monoisotopic (exact) mass is 677 g/mol. The van der Waals surface area contributed by atoms with Crippen molar-refractivity contribution in [1.82, 2.24) is 4.98 Å². The Morgan fingerprint density at radius 1 is 0.979 bits per heavy atom. The number of rotatable bonds is 9. The molecule has 2 saturated carbocycles. The average molecular weight is 678 g/mol. The van der Waals surface area contributed by atoms with Crippen LogP contribution in [0.3, 0.4) is 0 Å². The standard InChI is InChI=1S/C39H42F3NO4S/c1-38-23-32(37-29-14-9-27(44)21-25(29)7-12-30(37)33(38)15-16-36(38)45)24-5-10-28(11-6-24)47-19-3-2-4-20-48(46)35-17-18-43-34-22-26(39(40,41)42)8-13-31(34)35/h5-6,8-11,13-14,17-18,21-22,30,32-33,36-37,44-45H,2-4,7,12,15-16,19-20,23H2,1H3/t30-,32+,33-,36-,37+,38-,48?/m0/s1. The lowest BCUT2D eigenvalue weighted by Gasteiger charge is -2.54. The minimum atomic E-state index is -4.45. The molecule has 2 N–H and O–H groups in total. The molecule has 0 bridgehead atoms. The molecule has 3 aliphatic rings. The predicted molar refractivity (Wildman–Crippen MR) is 181 cm³/mol. The first kappa shape index (κ1) is 33.1. The molecule has 0 spiro atoms. The fourth-order valence-corrected chi connectivity index (χ4v) is 10.4. The van der Waals surface area contributed by atoms with Crippen molar-refractivity contribution in [3.63, 3.8) is 0 Å². The van der Waals surface area contributed by atoms with Crippen LogP contribution in [0.25, 0.3) is 10.9 Å². The molecule has 5 nitrogen and oxygen atoms in total. The van der Waals surface area contributed by atoms with Gasteiger partial charge in [0.2, 0.25) is 0 Å². The molecule has 9 heteroatoms. The van der Waals surface area contributed by atoms with Crippen molar-refractivity contribution < 1.29 is 32.3 Å². The largest absolute Gasteiger partial charge is 0.508 e. The summed E-state index contributed by atoms with van der Waals surface area (Å²) in [4.78, 5) is 4.57. The van der Waals surface area contributed by atoms with E-state index in [4.69, 9.17) is 4.74 Å². The smallest absolute Gasteiger partial charge is 0.416 e. The van der Waals surface area contributed by atoms with Crippen LogP contribution in [0.15, 0.2) is 77.8 Å². The van der Waals surface area contributed by atoms with Gasteiger partial charge in [-0.05, 0) is 140 Å². The van der Waals surface area contributed by atoms with Crippen molar-refractivity contribution in [2.75, 3.05) is 12.4 Å². The number of hydrogen-bond acceptors (Lipinski definition) is 5. The van der Waals surface area contributed by atoms with Gasteiger partial charge in [0, 0.05) is 22.2 Å². The molecule has 0 radical (unpaired) electrons. The fourth-order valence-electron chi connectivity index (χ4n) is 9.11. The van der Waals surface area contributed by atoms with Crippen LogP contribution < -0.4 is 4.74 Å². The predicted octanol–water partition coefficient (Wildman–Crippen LogP) is 8.93. The van der Waals surface area contributed by atoms with E-state index in [0.717, 1.165) is 62.8 Å². The maximum absolute atomic E-state index is 13.1. The molecule has 0 aliphatic heterocycles. The summed E-state index contributed by atoms with van der Waals surface area (Å²) < 4.78 is 58.4. The minimum Gasteiger partial charge on any atom is -0.508 e. The van der Waals surface area contributed by atoms with Crippen LogP contribution in [0.5, 0.6) is 11.5 Å².